The molecule has 1 radical (unpaired) electrons. The van der Waals surface area contributed by atoms with Gasteiger partial charge in [-0.2, -0.15) is 0 Å². The van der Waals surface area contributed by atoms with Crippen LogP contribution in [0.5, 0.6) is 0 Å². The van der Waals surface area contributed by atoms with E-state index in [1.54, 1.807) is 0 Å². The summed E-state index contributed by atoms with van der Waals surface area (Å²) in [5, 5.41) is 0. The van der Waals surface area contributed by atoms with Gasteiger partial charge in [0, 0.05) is 0 Å². The summed E-state index contributed by atoms with van der Waals surface area (Å²) in [5.41, 5.74) is 0. The van der Waals surface area contributed by atoms with Crippen molar-refractivity contribution in [1.29, 1.82) is 0 Å². The molecule has 14 heavy (non-hydrogen) atoms. The average molecular weight is 198 g/mol. The quantitative estimate of drug-likeness (QED) is 0.481. The Labute approximate surface area is 90.9 Å². The van der Waals surface area contributed by atoms with Gasteiger partial charge in [0.05, 0.1) is 0 Å². The molecule has 0 aromatic carbocycles. The van der Waals surface area contributed by atoms with Crippen molar-refractivity contribution in [2.24, 2.45) is 0 Å². The molecule has 0 heterocycles. The van der Waals surface area contributed by atoms with Crippen molar-refractivity contribution < 1.29 is 0 Å². The van der Waals surface area contributed by atoms with Crippen LogP contribution in [-0.2, 0) is 0 Å². The van der Waals surface area contributed by atoms with E-state index in [0.29, 0.717) is 0 Å². The smallest absolute Gasteiger partial charge is 0.00187 e. The summed E-state index contributed by atoms with van der Waals surface area (Å²) in [6.45, 7) is 12.2. The zero-order valence-electron chi connectivity index (χ0n) is 10.2. The molecule has 0 bridgehead atoms. The van der Waals surface area contributed by atoms with Gasteiger partial charge < -0.3 is 4.90 Å². The zero-order chi connectivity index (χ0) is 10.6. The van der Waals surface area contributed by atoms with E-state index in [2.05, 4.69) is 25.7 Å². The molecule has 0 aromatic heterocycles. The van der Waals surface area contributed by atoms with E-state index in [9.17, 15) is 0 Å². The second-order valence-corrected chi connectivity index (χ2v) is 4.11. The highest BCUT2D eigenvalue weighted by Gasteiger charge is 2.01. The Hall–Kier alpha value is -0.0400. The molecule has 0 atom stereocenters. The summed E-state index contributed by atoms with van der Waals surface area (Å²) < 4.78 is 0. The molecule has 0 aliphatic carbocycles. The number of nitrogens with zero attached hydrogens (tertiary/aromatic N) is 1. The third kappa shape index (κ3) is 8.55. The molecule has 1 nitrogen and oxygen atoms in total. The largest absolute Gasteiger partial charge is 0.303 e. The summed E-state index contributed by atoms with van der Waals surface area (Å²) in [7, 11) is 0. The van der Waals surface area contributed by atoms with Crippen LogP contribution in [0.25, 0.3) is 0 Å². The number of rotatable bonds is 10. The number of hydrogen-bond donors (Lipinski definition) is 0. The van der Waals surface area contributed by atoms with Crippen LogP contribution in [0, 0.1) is 6.92 Å². The molecule has 0 aromatic rings. The average Bonchev–Trinajstić information content (AvgIpc) is 2.18. The standard InChI is InChI=1S/C13H28N/c1-4-7-9-12-14(11-6-3)13-10-8-5-2/h3-13H2,1-2H3. The Morgan fingerprint density at radius 1 is 0.786 bits per heavy atom. The van der Waals surface area contributed by atoms with Crippen LogP contribution in [0.4, 0.5) is 0 Å². The normalized spacial score (nSPS) is 11.1. The highest BCUT2D eigenvalue weighted by molar-refractivity contribution is 4.59. The first-order valence-electron chi connectivity index (χ1n) is 6.36. The van der Waals surface area contributed by atoms with Gasteiger partial charge in [-0.15, -0.1) is 0 Å². The highest BCUT2D eigenvalue weighted by atomic mass is 15.1. The Balaban J connectivity index is 3.44. The molecule has 0 saturated carbocycles. The van der Waals surface area contributed by atoms with Crippen LogP contribution >= 0.6 is 0 Å². The maximum atomic E-state index is 3.94. The van der Waals surface area contributed by atoms with Crippen molar-refractivity contribution in [3.05, 3.63) is 6.92 Å². The van der Waals surface area contributed by atoms with Crippen LogP contribution < -0.4 is 0 Å². The summed E-state index contributed by atoms with van der Waals surface area (Å²) in [5.74, 6) is 0. The van der Waals surface area contributed by atoms with Crippen molar-refractivity contribution in [3.8, 4) is 0 Å². The molecule has 0 fully saturated rings. The minimum absolute atomic E-state index is 1.05. The minimum atomic E-state index is 1.05. The van der Waals surface area contributed by atoms with Gasteiger partial charge in [-0.3, -0.25) is 0 Å². The molecule has 0 unspecified atom stereocenters. The Bertz CT molecular complexity index is 91.4. The van der Waals surface area contributed by atoms with Crippen LogP contribution in [0.15, 0.2) is 0 Å². The van der Waals surface area contributed by atoms with E-state index in [1.807, 2.05) is 0 Å². The van der Waals surface area contributed by atoms with Gasteiger partial charge in [0.15, 0.2) is 0 Å². The van der Waals surface area contributed by atoms with E-state index in [-0.39, 0.29) is 0 Å². The Kier molecular flexibility index (Phi) is 11.0. The molecule has 0 saturated heterocycles. The maximum absolute atomic E-state index is 3.94. The van der Waals surface area contributed by atoms with Crippen molar-refractivity contribution in [3.63, 3.8) is 0 Å². The topological polar surface area (TPSA) is 3.24 Å². The van der Waals surface area contributed by atoms with E-state index in [4.69, 9.17) is 0 Å². The second kappa shape index (κ2) is 11.0. The van der Waals surface area contributed by atoms with Gasteiger partial charge in [0.2, 0.25) is 0 Å². The molecular formula is C13H28N. The molecule has 0 spiro atoms. The van der Waals surface area contributed by atoms with Crippen molar-refractivity contribution in [2.75, 3.05) is 19.6 Å². The van der Waals surface area contributed by atoms with Crippen molar-refractivity contribution in [2.45, 2.75) is 58.8 Å². The van der Waals surface area contributed by atoms with Gasteiger partial charge in [-0.1, -0.05) is 46.5 Å². The third-order valence-corrected chi connectivity index (χ3v) is 2.63. The molecule has 0 aliphatic heterocycles. The molecule has 0 N–H and O–H groups in total. The first-order valence-corrected chi connectivity index (χ1v) is 6.36. The summed E-state index contributed by atoms with van der Waals surface area (Å²) in [4.78, 5) is 2.58. The summed E-state index contributed by atoms with van der Waals surface area (Å²) in [6, 6.07) is 0. The fourth-order valence-electron chi connectivity index (χ4n) is 1.73. The summed E-state index contributed by atoms with van der Waals surface area (Å²) >= 11 is 0. The number of hydrogen-bond acceptors (Lipinski definition) is 1. The molecule has 0 aliphatic rings. The second-order valence-electron chi connectivity index (χ2n) is 4.11. The molecule has 85 valence electrons. The van der Waals surface area contributed by atoms with Gasteiger partial charge >= 0.3 is 0 Å². The lowest BCUT2D eigenvalue weighted by molar-refractivity contribution is 0.266. The molecule has 0 rings (SSSR count). The van der Waals surface area contributed by atoms with Gasteiger partial charge in [0.1, 0.15) is 0 Å². The first-order chi connectivity index (χ1) is 6.85. The van der Waals surface area contributed by atoms with E-state index >= 15 is 0 Å². The Morgan fingerprint density at radius 2 is 1.29 bits per heavy atom. The lowest BCUT2D eigenvalue weighted by Crippen LogP contribution is -2.26. The maximum Gasteiger partial charge on any atom is -0.00187 e. The first kappa shape index (κ1) is 14.0. The zero-order valence-corrected chi connectivity index (χ0v) is 10.2. The van der Waals surface area contributed by atoms with E-state index < -0.39 is 0 Å². The SMILES string of the molecule is [CH2]CCN(CCCCC)CCCCC. The van der Waals surface area contributed by atoms with E-state index in [0.717, 1.165) is 6.42 Å². The molecule has 0 amide bonds. The third-order valence-electron chi connectivity index (χ3n) is 2.63. The van der Waals surface area contributed by atoms with Crippen LogP contribution in [-0.4, -0.2) is 24.5 Å². The van der Waals surface area contributed by atoms with Crippen molar-refractivity contribution >= 4 is 0 Å². The monoisotopic (exact) mass is 198 g/mol. The lowest BCUT2D eigenvalue weighted by Gasteiger charge is -2.21. The van der Waals surface area contributed by atoms with Gasteiger partial charge in [-0.25, -0.2) is 0 Å². The molecular weight excluding hydrogens is 170 g/mol. The fraction of sp³-hybridized carbons (Fsp3) is 0.923. The highest BCUT2D eigenvalue weighted by Crippen LogP contribution is 2.03. The van der Waals surface area contributed by atoms with Gasteiger partial charge in [0.25, 0.3) is 0 Å². The van der Waals surface area contributed by atoms with Crippen LogP contribution in [0.1, 0.15) is 58.8 Å². The van der Waals surface area contributed by atoms with E-state index in [1.165, 1.54) is 58.2 Å². The van der Waals surface area contributed by atoms with Crippen LogP contribution in [0.3, 0.4) is 0 Å². The Morgan fingerprint density at radius 3 is 1.64 bits per heavy atom. The predicted molar refractivity (Wildman–Crippen MR) is 65.5 cm³/mol. The molecule has 1 heteroatoms. The number of unbranched alkanes of at least 4 members (excludes halogenated alkanes) is 4. The summed E-state index contributed by atoms with van der Waals surface area (Å²) in [6.07, 6.45) is 9.19. The predicted octanol–water partition coefficient (Wildman–Crippen LogP) is 3.89. The lowest BCUT2D eigenvalue weighted by atomic mass is 10.2. The van der Waals surface area contributed by atoms with Crippen molar-refractivity contribution in [1.82, 2.24) is 4.90 Å². The minimum Gasteiger partial charge on any atom is -0.303 e. The van der Waals surface area contributed by atoms with Crippen LogP contribution in [0.2, 0.25) is 0 Å². The van der Waals surface area contributed by atoms with Gasteiger partial charge in [-0.05, 0) is 38.9 Å². The fourth-order valence-corrected chi connectivity index (χ4v) is 1.73.